The van der Waals surface area contributed by atoms with Gasteiger partial charge in [-0.2, -0.15) is 0 Å². The van der Waals surface area contributed by atoms with E-state index >= 15 is 0 Å². The molecule has 0 unspecified atom stereocenters. The maximum atomic E-state index is 7.45. The van der Waals surface area contributed by atoms with Crippen LogP contribution in [0.15, 0.2) is 29.6 Å². The number of hydrogen-bond donors (Lipinski definition) is 2. The number of thiazole rings is 1. The van der Waals surface area contributed by atoms with Crippen molar-refractivity contribution >= 4 is 17.2 Å². The molecule has 0 aliphatic rings. The van der Waals surface area contributed by atoms with Crippen LogP contribution in [0.2, 0.25) is 0 Å². The summed E-state index contributed by atoms with van der Waals surface area (Å²) in [5.41, 5.74) is 7.08. The monoisotopic (exact) mass is 247 g/mol. The third-order valence-corrected chi connectivity index (χ3v) is 3.14. The summed E-state index contributed by atoms with van der Waals surface area (Å²) in [6.45, 7) is 2.35. The average Bonchev–Trinajstić information content (AvgIpc) is 2.73. The Morgan fingerprint density at radius 2 is 2.24 bits per heavy atom. The first-order valence-electron chi connectivity index (χ1n) is 5.14. The van der Waals surface area contributed by atoms with Gasteiger partial charge in [-0.05, 0) is 19.1 Å². The second kappa shape index (κ2) is 4.97. The van der Waals surface area contributed by atoms with E-state index in [0.717, 1.165) is 10.7 Å². The van der Waals surface area contributed by atoms with Gasteiger partial charge in [-0.25, -0.2) is 4.98 Å². The molecular formula is C12H13N3OS. The van der Waals surface area contributed by atoms with Gasteiger partial charge >= 0.3 is 0 Å². The summed E-state index contributed by atoms with van der Waals surface area (Å²) in [6, 6.07) is 7.26. The molecule has 2 aromatic rings. The minimum absolute atomic E-state index is 0.0101. The first-order chi connectivity index (χ1) is 8.16. The van der Waals surface area contributed by atoms with E-state index in [0.29, 0.717) is 17.9 Å². The molecule has 2 rings (SSSR count). The second-order valence-corrected chi connectivity index (χ2v) is 4.52. The Hall–Kier alpha value is -1.88. The standard InChI is InChI=1S/C12H13N3OS/c1-8-7-17-11(15-8)6-16-10-5-3-2-4-9(10)12(13)14/h2-5,7H,6H2,1H3,(H3,13,14). The molecule has 0 amide bonds. The Morgan fingerprint density at radius 1 is 1.47 bits per heavy atom. The summed E-state index contributed by atoms with van der Waals surface area (Å²) in [7, 11) is 0. The molecule has 5 heteroatoms. The molecule has 1 aromatic carbocycles. The highest BCUT2D eigenvalue weighted by atomic mass is 32.1. The van der Waals surface area contributed by atoms with Crippen LogP contribution in [0, 0.1) is 12.3 Å². The summed E-state index contributed by atoms with van der Waals surface area (Å²) in [5, 5.41) is 10.3. The lowest BCUT2D eigenvalue weighted by Crippen LogP contribution is -2.12. The highest BCUT2D eigenvalue weighted by Crippen LogP contribution is 2.19. The van der Waals surface area contributed by atoms with Crippen molar-refractivity contribution in [3.63, 3.8) is 0 Å². The predicted octanol–water partition coefficient (Wildman–Crippen LogP) is 2.31. The Bertz CT molecular complexity index is 536. The predicted molar refractivity (Wildman–Crippen MR) is 68.6 cm³/mol. The zero-order valence-electron chi connectivity index (χ0n) is 9.43. The summed E-state index contributed by atoms with van der Waals surface area (Å²) in [6.07, 6.45) is 0. The van der Waals surface area contributed by atoms with Gasteiger partial charge in [-0.3, -0.25) is 5.41 Å². The highest BCUT2D eigenvalue weighted by Gasteiger charge is 2.06. The summed E-state index contributed by atoms with van der Waals surface area (Å²) >= 11 is 1.56. The van der Waals surface area contributed by atoms with E-state index in [-0.39, 0.29) is 5.84 Å². The van der Waals surface area contributed by atoms with Gasteiger partial charge < -0.3 is 10.5 Å². The van der Waals surface area contributed by atoms with E-state index in [1.807, 2.05) is 24.4 Å². The van der Waals surface area contributed by atoms with Crippen LogP contribution in [0.1, 0.15) is 16.3 Å². The van der Waals surface area contributed by atoms with Gasteiger partial charge in [0.1, 0.15) is 23.2 Å². The number of nitrogens with one attached hydrogen (secondary N) is 1. The molecule has 0 saturated heterocycles. The van der Waals surface area contributed by atoms with Crippen molar-refractivity contribution in [1.82, 2.24) is 4.98 Å². The van der Waals surface area contributed by atoms with Crippen molar-refractivity contribution in [2.45, 2.75) is 13.5 Å². The average molecular weight is 247 g/mol. The van der Waals surface area contributed by atoms with Crippen molar-refractivity contribution in [3.05, 3.63) is 45.9 Å². The fourth-order valence-electron chi connectivity index (χ4n) is 1.42. The van der Waals surface area contributed by atoms with Gasteiger partial charge in [-0.15, -0.1) is 11.3 Å². The van der Waals surface area contributed by atoms with E-state index in [1.54, 1.807) is 23.5 Å². The lowest BCUT2D eigenvalue weighted by Gasteiger charge is -2.08. The van der Waals surface area contributed by atoms with E-state index in [2.05, 4.69) is 4.98 Å². The maximum Gasteiger partial charge on any atom is 0.140 e. The Morgan fingerprint density at radius 3 is 2.88 bits per heavy atom. The molecule has 0 saturated carbocycles. The van der Waals surface area contributed by atoms with Crippen LogP contribution in [-0.4, -0.2) is 10.8 Å². The lowest BCUT2D eigenvalue weighted by atomic mass is 10.2. The van der Waals surface area contributed by atoms with E-state index in [4.69, 9.17) is 15.9 Å². The van der Waals surface area contributed by atoms with Crippen LogP contribution in [0.25, 0.3) is 0 Å². The van der Waals surface area contributed by atoms with Crippen LogP contribution in [0.4, 0.5) is 0 Å². The largest absolute Gasteiger partial charge is 0.486 e. The first kappa shape index (κ1) is 11.6. The number of aryl methyl sites for hydroxylation is 1. The van der Waals surface area contributed by atoms with Gasteiger partial charge in [0.2, 0.25) is 0 Å². The topological polar surface area (TPSA) is 72.0 Å². The fourth-order valence-corrected chi connectivity index (χ4v) is 2.11. The highest BCUT2D eigenvalue weighted by molar-refractivity contribution is 7.09. The minimum atomic E-state index is 0.0101. The van der Waals surface area contributed by atoms with E-state index < -0.39 is 0 Å². The molecule has 0 fully saturated rings. The second-order valence-electron chi connectivity index (χ2n) is 3.58. The first-order valence-corrected chi connectivity index (χ1v) is 6.02. The molecule has 0 radical (unpaired) electrons. The van der Waals surface area contributed by atoms with Gasteiger partial charge in [-0.1, -0.05) is 12.1 Å². The molecule has 1 heterocycles. The van der Waals surface area contributed by atoms with Gasteiger partial charge in [0.25, 0.3) is 0 Å². The fraction of sp³-hybridized carbons (Fsp3) is 0.167. The number of hydrogen-bond acceptors (Lipinski definition) is 4. The molecule has 0 spiro atoms. The van der Waals surface area contributed by atoms with Crippen molar-refractivity contribution in [1.29, 1.82) is 5.41 Å². The SMILES string of the molecule is Cc1csc(COc2ccccc2C(=N)N)n1. The molecule has 4 nitrogen and oxygen atoms in total. The Balaban J connectivity index is 2.11. The van der Waals surface area contributed by atoms with E-state index in [9.17, 15) is 0 Å². The number of nitrogens with two attached hydrogens (primary N) is 1. The Labute approximate surface area is 104 Å². The minimum Gasteiger partial charge on any atom is -0.486 e. The number of amidine groups is 1. The lowest BCUT2D eigenvalue weighted by molar-refractivity contribution is 0.305. The third kappa shape index (κ3) is 2.82. The van der Waals surface area contributed by atoms with Crippen LogP contribution < -0.4 is 10.5 Å². The Kier molecular flexibility index (Phi) is 3.39. The van der Waals surface area contributed by atoms with E-state index in [1.165, 1.54) is 0 Å². The van der Waals surface area contributed by atoms with Crippen molar-refractivity contribution in [2.75, 3.05) is 0 Å². The van der Waals surface area contributed by atoms with Crippen LogP contribution >= 0.6 is 11.3 Å². The van der Waals surface area contributed by atoms with Gasteiger partial charge in [0.05, 0.1) is 5.56 Å². The molecule has 3 N–H and O–H groups in total. The van der Waals surface area contributed by atoms with Gasteiger partial charge in [0, 0.05) is 11.1 Å². The number of ether oxygens (including phenoxy) is 1. The molecule has 1 aromatic heterocycles. The summed E-state index contributed by atoms with van der Waals surface area (Å²) in [5.74, 6) is 0.628. The smallest absolute Gasteiger partial charge is 0.140 e. The molecule has 0 aliphatic heterocycles. The summed E-state index contributed by atoms with van der Waals surface area (Å²) in [4.78, 5) is 4.31. The third-order valence-electron chi connectivity index (χ3n) is 2.19. The van der Waals surface area contributed by atoms with Crippen molar-refractivity contribution in [2.24, 2.45) is 5.73 Å². The molecule has 0 atom stereocenters. The van der Waals surface area contributed by atoms with Crippen molar-refractivity contribution < 1.29 is 4.74 Å². The molecule has 0 bridgehead atoms. The number of aromatic nitrogens is 1. The zero-order chi connectivity index (χ0) is 12.3. The number of para-hydroxylation sites is 1. The molecular weight excluding hydrogens is 234 g/mol. The summed E-state index contributed by atoms with van der Waals surface area (Å²) < 4.78 is 5.62. The number of nitrogens with zero attached hydrogens (tertiary/aromatic N) is 1. The quantitative estimate of drug-likeness (QED) is 0.643. The number of rotatable bonds is 4. The zero-order valence-corrected chi connectivity index (χ0v) is 10.3. The molecule has 17 heavy (non-hydrogen) atoms. The van der Waals surface area contributed by atoms with Crippen LogP contribution in [0.3, 0.4) is 0 Å². The number of benzene rings is 1. The van der Waals surface area contributed by atoms with Crippen LogP contribution in [0.5, 0.6) is 5.75 Å². The molecule has 88 valence electrons. The van der Waals surface area contributed by atoms with Crippen molar-refractivity contribution in [3.8, 4) is 5.75 Å². The normalized spacial score (nSPS) is 10.2. The number of nitrogen functional groups attached to an aromatic ring is 1. The van der Waals surface area contributed by atoms with Gasteiger partial charge in [0.15, 0.2) is 0 Å². The maximum absolute atomic E-state index is 7.45. The molecule has 0 aliphatic carbocycles. The van der Waals surface area contributed by atoms with Crippen LogP contribution in [-0.2, 0) is 6.61 Å².